The number of amides is 1. The van der Waals surface area contributed by atoms with Gasteiger partial charge in [0.2, 0.25) is 0 Å². The van der Waals surface area contributed by atoms with E-state index in [-0.39, 0.29) is 24.5 Å². The lowest BCUT2D eigenvalue weighted by atomic mass is 10.1. The average molecular weight is 354 g/mol. The minimum atomic E-state index is -0.613. The van der Waals surface area contributed by atoms with Crippen LogP contribution in [0.3, 0.4) is 0 Å². The molecule has 1 amide bonds. The van der Waals surface area contributed by atoms with Gasteiger partial charge in [0.25, 0.3) is 5.91 Å². The second-order valence-corrected chi connectivity index (χ2v) is 6.17. The summed E-state index contributed by atoms with van der Waals surface area (Å²) in [5, 5.41) is 5.23. The fourth-order valence-electron chi connectivity index (χ4n) is 2.42. The highest BCUT2D eigenvalue weighted by Crippen LogP contribution is 2.16. The first-order chi connectivity index (χ1) is 11.4. The molecular weight excluding hydrogens is 334 g/mol. The summed E-state index contributed by atoms with van der Waals surface area (Å²) in [4.78, 5) is 12.0. The SMILES string of the molecule is C[C@H]([NH2+]CC(=O)N[C@H](C)c1ccc(Cl)cc1)c1ccc(F)cc1F. The Morgan fingerprint density at radius 1 is 1.17 bits per heavy atom. The Hall–Kier alpha value is -1.98. The minimum Gasteiger partial charge on any atom is -0.345 e. The Morgan fingerprint density at radius 2 is 1.83 bits per heavy atom. The van der Waals surface area contributed by atoms with E-state index < -0.39 is 11.6 Å². The molecule has 2 aromatic carbocycles. The van der Waals surface area contributed by atoms with Crippen molar-refractivity contribution in [2.75, 3.05) is 6.54 Å². The number of quaternary nitrogens is 1. The van der Waals surface area contributed by atoms with Crippen LogP contribution in [0.2, 0.25) is 5.02 Å². The summed E-state index contributed by atoms with van der Waals surface area (Å²) in [7, 11) is 0. The summed E-state index contributed by atoms with van der Waals surface area (Å²) < 4.78 is 26.7. The third kappa shape index (κ3) is 5.01. The van der Waals surface area contributed by atoms with Crippen LogP contribution in [0.1, 0.15) is 37.1 Å². The quantitative estimate of drug-likeness (QED) is 0.823. The number of benzene rings is 2. The highest BCUT2D eigenvalue weighted by molar-refractivity contribution is 6.30. The van der Waals surface area contributed by atoms with E-state index in [2.05, 4.69) is 5.32 Å². The maximum Gasteiger partial charge on any atom is 0.275 e. The molecule has 2 atom stereocenters. The highest BCUT2D eigenvalue weighted by atomic mass is 35.5. The maximum absolute atomic E-state index is 13.7. The number of carbonyl (C=O) groups excluding carboxylic acids is 1. The molecule has 0 bridgehead atoms. The first-order valence-corrected chi connectivity index (χ1v) is 8.07. The minimum absolute atomic E-state index is 0.149. The van der Waals surface area contributed by atoms with E-state index >= 15 is 0 Å². The first-order valence-electron chi connectivity index (χ1n) is 7.70. The summed E-state index contributed by atoms with van der Waals surface area (Å²) in [6.07, 6.45) is 0. The van der Waals surface area contributed by atoms with Crippen molar-refractivity contribution in [2.24, 2.45) is 0 Å². The van der Waals surface area contributed by atoms with Gasteiger partial charge in [0.05, 0.1) is 6.04 Å². The predicted octanol–water partition coefficient (Wildman–Crippen LogP) is 3.12. The van der Waals surface area contributed by atoms with Gasteiger partial charge in [0.15, 0.2) is 6.54 Å². The lowest BCUT2D eigenvalue weighted by molar-refractivity contribution is -0.682. The Balaban J connectivity index is 1.87. The van der Waals surface area contributed by atoms with Crippen LogP contribution in [0, 0.1) is 11.6 Å². The molecule has 0 aliphatic carbocycles. The molecule has 0 spiro atoms. The number of hydrogen-bond donors (Lipinski definition) is 2. The second-order valence-electron chi connectivity index (χ2n) is 5.74. The van der Waals surface area contributed by atoms with Crippen LogP contribution >= 0.6 is 11.6 Å². The van der Waals surface area contributed by atoms with Crippen LogP contribution in [-0.2, 0) is 4.79 Å². The maximum atomic E-state index is 13.7. The summed E-state index contributed by atoms with van der Waals surface area (Å²) in [5.74, 6) is -1.38. The molecule has 24 heavy (non-hydrogen) atoms. The Labute approximate surface area is 145 Å². The van der Waals surface area contributed by atoms with Gasteiger partial charge in [-0.2, -0.15) is 0 Å². The molecule has 0 saturated heterocycles. The summed E-state index contributed by atoms with van der Waals surface area (Å²) >= 11 is 5.84. The van der Waals surface area contributed by atoms with E-state index in [1.54, 1.807) is 24.4 Å². The Bertz CT molecular complexity index is 707. The van der Waals surface area contributed by atoms with Crippen LogP contribution in [0.4, 0.5) is 8.78 Å². The second kappa shape index (κ2) is 8.22. The van der Waals surface area contributed by atoms with Gasteiger partial charge in [-0.1, -0.05) is 23.7 Å². The topological polar surface area (TPSA) is 45.7 Å². The van der Waals surface area contributed by atoms with Gasteiger partial charge in [0, 0.05) is 16.7 Å². The zero-order valence-electron chi connectivity index (χ0n) is 13.5. The van der Waals surface area contributed by atoms with Crippen LogP contribution in [0.5, 0.6) is 0 Å². The third-order valence-electron chi connectivity index (χ3n) is 3.86. The lowest BCUT2D eigenvalue weighted by Crippen LogP contribution is -2.87. The standard InChI is InChI=1S/C18H19ClF2N2O/c1-11(13-3-5-14(19)6-4-13)23-18(24)10-22-12(2)16-8-7-15(20)9-17(16)21/h3-9,11-12,22H,10H2,1-2H3,(H,23,24)/p+1/t11-,12+/m1/s1. The van der Waals surface area contributed by atoms with Gasteiger partial charge < -0.3 is 10.6 Å². The van der Waals surface area contributed by atoms with E-state index in [0.717, 1.165) is 11.6 Å². The molecule has 0 unspecified atom stereocenters. The third-order valence-corrected chi connectivity index (χ3v) is 4.11. The number of nitrogens with two attached hydrogens (primary N) is 1. The number of hydrogen-bond acceptors (Lipinski definition) is 1. The van der Waals surface area contributed by atoms with E-state index in [0.29, 0.717) is 10.6 Å². The fraction of sp³-hybridized carbons (Fsp3) is 0.278. The van der Waals surface area contributed by atoms with Crippen molar-refractivity contribution in [3.63, 3.8) is 0 Å². The number of rotatable bonds is 6. The molecule has 0 aromatic heterocycles. The molecule has 2 aromatic rings. The van der Waals surface area contributed by atoms with E-state index in [1.807, 2.05) is 19.1 Å². The normalized spacial score (nSPS) is 13.4. The van der Waals surface area contributed by atoms with Crippen molar-refractivity contribution < 1.29 is 18.9 Å². The van der Waals surface area contributed by atoms with Gasteiger partial charge in [0.1, 0.15) is 17.7 Å². The summed E-state index contributed by atoms with van der Waals surface area (Å²) in [6.45, 7) is 3.80. The fourth-order valence-corrected chi connectivity index (χ4v) is 2.54. The molecular formula is C18H20ClF2N2O+. The van der Waals surface area contributed by atoms with Crippen molar-refractivity contribution in [1.82, 2.24) is 5.32 Å². The zero-order chi connectivity index (χ0) is 17.7. The van der Waals surface area contributed by atoms with Crippen molar-refractivity contribution >= 4 is 17.5 Å². The molecule has 3 N–H and O–H groups in total. The van der Waals surface area contributed by atoms with E-state index in [1.165, 1.54) is 12.1 Å². The largest absolute Gasteiger partial charge is 0.345 e. The molecule has 0 fully saturated rings. The van der Waals surface area contributed by atoms with Crippen molar-refractivity contribution in [3.8, 4) is 0 Å². The molecule has 3 nitrogen and oxygen atoms in total. The molecule has 128 valence electrons. The van der Waals surface area contributed by atoms with Crippen molar-refractivity contribution in [1.29, 1.82) is 0 Å². The molecule has 0 heterocycles. The number of halogens is 3. The molecule has 6 heteroatoms. The predicted molar refractivity (Wildman–Crippen MR) is 89.6 cm³/mol. The lowest BCUT2D eigenvalue weighted by Gasteiger charge is -2.16. The summed E-state index contributed by atoms with van der Waals surface area (Å²) in [6, 6.07) is 10.3. The number of carbonyl (C=O) groups is 1. The van der Waals surface area contributed by atoms with Gasteiger partial charge in [-0.25, -0.2) is 8.78 Å². The smallest absolute Gasteiger partial charge is 0.275 e. The molecule has 2 rings (SSSR count). The van der Waals surface area contributed by atoms with E-state index in [9.17, 15) is 13.6 Å². The summed E-state index contributed by atoms with van der Waals surface area (Å²) in [5.41, 5.74) is 1.32. The van der Waals surface area contributed by atoms with Gasteiger partial charge in [-0.05, 0) is 43.7 Å². The molecule has 0 saturated carbocycles. The van der Waals surface area contributed by atoms with Crippen molar-refractivity contribution in [2.45, 2.75) is 25.9 Å². The van der Waals surface area contributed by atoms with E-state index in [4.69, 9.17) is 11.6 Å². The first kappa shape index (κ1) is 18.4. The van der Waals surface area contributed by atoms with Crippen LogP contribution in [-0.4, -0.2) is 12.5 Å². The average Bonchev–Trinajstić information content (AvgIpc) is 2.53. The van der Waals surface area contributed by atoms with Crippen LogP contribution in [0.25, 0.3) is 0 Å². The van der Waals surface area contributed by atoms with Crippen LogP contribution in [0.15, 0.2) is 42.5 Å². The van der Waals surface area contributed by atoms with Gasteiger partial charge in [-0.3, -0.25) is 4.79 Å². The Morgan fingerprint density at radius 3 is 2.46 bits per heavy atom. The highest BCUT2D eigenvalue weighted by Gasteiger charge is 2.17. The molecule has 0 radical (unpaired) electrons. The van der Waals surface area contributed by atoms with Gasteiger partial charge in [-0.15, -0.1) is 0 Å². The molecule has 0 aliphatic heterocycles. The molecule has 0 aliphatic rings. The zero-order valence-corrected chi connectivity index (χ0v) is 14.3. The monoisotopic (exact) mass is 353 g/mol. The Kier molecular flexibility index (Phi) is 6.29. The van der Waals surface area contributed by atoms with Gasteiger partial charge >= 0.3 is 0 Å². The van der Waals surface area contributed by atoms with Crippen LogP contribution < -0.4 is 10.6 Å². The van der Waals surface area contributed by atoms with Crippen molar-refractivity contribution in [3.05, 3.63) is 70.2 Å². The number of nitrogens with one attached hydrogen (secondary N) is 1.